The van der Waals surface area contributed by atoms with E-state index in [0.29, 0.717) is 16.2 Å². The molecule has 0 spiro atoms. The zero-order valence-corrected chi connectivity index (χ0v) is 12.0. The van der Waals surface area contributed by atoms with Gasteiger partial charge in [-0.25, -0.2) is 0 Å². The van der Waals surface area contributed by atoms with Gasteiger partial charge in [0, 0.05) is 26.9 Å². The number of ketones is 1. The van der Waals surface area contributed by atoms with Crippen LogP contribution in [0.2, 0.25) is 5.02 Å². The lowest BCUT2D eigenvalue weighted by atomic mass is 9.83. The van der Waals surface area contributed by atoms with Crippen LogP contribution in [0, 0.1) is 11.8 Å². The second-order valence-electron chi connectivity index (χ2n) is 4.96. The van der Waals surface area contributed by atoms with Gasteiger partial charge in [0.05, 0.1) is 5.57 Å². The second kappa shape index (κ2) is 4.39. The van der Waals surface area contributed by atoms with Crippen molar-refractivity contribution in [2.24, 2.45) is 11.8 Å². The summed E-state index contributed by atoms with van der Waals surface area (Å²) in [5.41, 5.74) is 1.07. The van der Waals surface area contributed by atoms with E-state index in [2.05, 4.69) is 15.9 Å². The standard InChI is InChI=1S/C14H12BrClO2/c15-9-3-4-11(16)10(6-9)12-13(17)7-1-2-8(5-7)14(12)18/h3-4,6-8,17H,1-2,5H2/t7-,8+/m0/s1. The van der Waals surface area contributed by atoms with Crippen molar-refractivity contribution in [3.8, 4) is 0 Å². The Hall–Kier alpha value is -0.800. The van der Waals surface area contributed by atoms with E-state index in [9.17, 15) is 9.90 Å². The van der Waals surface area contributed by atoms with Crippen molar-refractivity contribution in [2.75, 3.05) is 0 Å². The highest BCUT2D eigenvalue weighted by Crippen LogP contribution is 2.46. The van der Waals surface area contributed by atoms with Crippen molar-refractivity contribution in [1.82, 2.24) is 0 Å². The third-order valence-electron chi connectivity index (χ3n) is 3.89. The maximum atomic E-state index is 12.4. The minimum absolute atomic E-state index is 0.0428. The summed E-state index contributed by atoms with van der Waals surface area (Å²) < 4.78 is 0.855. The molecule has 1 aromatic rings. The van der Waals surface area contributed by atoms with Gasteiger partial charge >= 0.3 is 0 Å². The zero-order valence-electron chi connectivity index (χ0n) is 9.62. The molecule has 2 aliphatic carbocycles. The van der Waals surface area contributed by atoms with Gasteiger partial charge in [0.25, 0.3) is 0 Å². The first-order valence-corrected chi connectivity index (χ1v) is 7.18. The average molecular weight is 328 g/mol. The fourth-order valence-electron chi connectivity index (χ4n) is 2.96. The van der Waals surface area contributed by atoms with Gasteiger partial charge in [-0.15, -0.1) is 0 Å². The van der Waals surface area contributed by atoms with Crippen LogP contribution >= 0.6 is 27.5 Å². The highest BCUT2D eigenvalue weighted by Gasteiger charge is 2.41. The van der Waals surface area contributed by atoms with E-state index in [1.807, 2.05) is 6.07 Å². The van der Waals surface area contributed by atoms with Crippen molar-refractivity contribution >= 4 is 38.9 Å². The lowest BCUT2D eigenvalue weighted by Gasteiger charge is -2.22. The van der Waals surface area contributed by atoms with Crippen LogP contribution in [-0.2, 0) is 4.79 Å². The summed E-state index contributed by atoms with van der Waals surface area (Å²) in [6.07, 6.45) is 2.57. The summed E-state index contributed by atoms with van der Waals surface area (Å²) in [5, 5.41) is 10.8. The maximum Gasteiger partial charge on any atom is 0.170 e. The van der Waals surface area contributed by atoms with Gasteiger partial charge in [-0.05, 0) is 37.5 Å². The number of aliphatic hydroxyl groups is 1. The van der Waals surface area contributed by atoms with Gasteiger partial charge in [-0.3, -0.25) is 4.79 Å². The molecule has 0 saturated heterocycles. The number of carbonyl (C=O) groups excluding carboxylic acids is 1. The predicted octanol–water partition coefficient (Wildman–Crippen LogP) is 4.37. The van der Waals surface area contributed by atoms with Crippen LogP contribution < -0.4 is 0 Å². The lowest BCUT2D eigenvalue weighted by Crippen LogP contribution is -2.21. The van der Waals surface area contributed by atoms with Gasteiger partial charge < -0.3 is 5.11 Å². The monoisotopic (exact) mass is 326 g/mol. The van der Waals surface area contributed by atoms with E-state index in [1.165, 1.54) is 0 Å². The fourth-order valence-corrected chi connectivity index (χ4v) is 3.54. The summed E-state index contributed by atoms with van der Waals surface area (Å²) in [7, 11) is 0. The molecule has 0 aromatic heterocycles. The largest absolute Gasteiger partial charge is 0.511 e. The van der Waals surface area contributed by atoms with Crippen LogP contribution in [0.1, 0.15) is 24.8 Å². The molecule has 3 rings (SSSR count). The number of hydrogen-bond acceptors (Lipinski definition) is 2. The molecule has 2 aliphatic rings. The van der Waals surface area contributed by atoms with Crippen molar-refractivity contribution in [1.29, 1.82) is 0 Å². The highest BCUT2D eigenvalue weighted by atomic mass is 79.9. The molecule has 94 valence electrons. The van der Waals surface area contributed by atoms with E-state index < -0.39 is 0 Å². The lowest BCUT2D eigenvalue weighted by molar-refractivity contribution is -0.117. The molecular weight excluding hydrogens is 316 g/mol. The van der Waals surface area contributed by atoms with Crippen LogP contribution in [0.3, 0.4) is 0 Å². The fraction of sp³-hybridized carbons (Fsp3) is 0.357. The van der Waals surface area contributed by atoms with Crippen LogP contribution in [0.25, 0.3) is 5.57 Å². The minimum atomic E-state index is 0.0428. The van der Waals surface area contributed by atoms with Gasteiger partial charge in [-0.2, -0.15) is 0 Å². The Morgan fingerprint density at radius 3 is 2.78 bits per heavy atom. The number of benzene rings is 1. The third kappa shape index (κ3) is 1.81. The Balaban J connectivity index is 2.18. The Bertz CT molecular complexity index is 565. The number of fused-ring (bicyclic) bond motifs is 2. The molecule has 0 unspecified atom stereocenters. The Kier molecular flexibility index (Phi) is 2.99. The number of rotatable bonds is 1. The first kappa shape index (κ1) is 12.2. The van der Waals surface area contributed by atoms with Crippen LogP contribution in [0.4, 0.5) is 0 Å². The summed E-state index contributed by atoms with van der Waals surface area (Å²) in [6.45, 7) is 0. The molecular formula is C14H12BrClO2. The Morgan fingerprint density at radius 1 is 1.28 bits per heavy atom. The maximum absolute atomic E-state index is 12.4. The Labute approximate surface area is 119 Å². The number of Topliss-reactive ketones (excluding diaryl/α,β-unsaturated/α-hetero) is 1. The number of aliphatic hydroxyl groups excluding tert-OH is 1. The van der Waals surface area contributed by atoms with Crippen LogP contribution in [0.15, 0.2) is 28.4 Å². The number of allylic oxidation sites excluding steroid dienone is 2. The molecule has 1 saturated carbocycles. The van der Waals surface area contributed by atoms with E-state index in [0.717, 1.165) is 23.7 Å². The van der Waals surface area contributed by atoms with Crippen molar-refractivity contribution in [3.63, 3.8) is 0 Å². The third-order valence-corrected chi connectivity index (χ3v) is 4.71. The summed E-state index contributed by atoms with van der Waals surface area (Å²) in [5.74, 6) is 0.476. The first-order chi connectivity index (χ1) is 8.58. The van der Waals surface area contributed by atoms with E-state index in [1.54, 1.807) is 12.1 Å². The molecule has 4 heteroatoms. The second-order valence-corrected chi connectivity index (χ2v) is 6.28. The molecule has 0 aliphatic heterocycles. The predicted molar refractivity (Wildman–Crippen MR) is 74.5 cm³/mol. The number of carbonyl (C=O) groups is 1. The van der Waals surface area contributed by atoms with E-state index in [-0.39, 0.29) is 23.4 Å². The summed E-state index contributed by atoms with van der Waals surface area (Å²) in [6, 6.07) is 5.37. The van der Waals surface area contributed by atoms with E-state index >= 15 is 0 Å². The molecule has 0 amide bonds. The quantitative estimate of drug-likeness (QED) is 0.831. The van der Waals surface area contributed by atoms with E-state index in [4.69, 9.17) is 11.6 Å². The topological polar surface area (TPSA) is 37.3 Å². The minimum Gasteiger partial charge on any atom is -0.511 e. The molecule has 1 fully saturated rings. The van der Waals surface area contributed by atoms with Gasteiger partial charge in [0.15, 0.2) is 5.78 Å². The molecule has 2 nitrogen and oxygen atoms in total. The normalized spacial score (nSPS) is 26.9. The van der Waals surface area contributed by atoms with Gasteiger partial charge in [0.2, 0.25) is 0 Å². The van der Waals surface area contributed by atoms with Crippen molar-refractivity contribution in [2.45, 2.75) is 19.3 Å². The number of halogens is 2. The van der Waals surface area contributed by atoms with Crippen molar-refractivity contribution in [3.05, 3.63) is 39.0 Å². The molecule has 0 heterocycles. The summed E-state index contributed by atoms with van der Waals surface area (Å²) in [4.78, 5) is 12.4. The van der Waals surface area contributed by atoms with Crippen LogP contribution in [-0.4, -0.2) is 10.9 Å². The summed E-state index contributed by atoms with van der Waals surface area (Å²) >= 11 is 9.53. The van der Waals surface area contributed by atoms with Gasteiger partial charge in [0.1, 0.15) is 5.76 Å². The SMILES string of the molecule is O=C1C(c2cc(Br)ccc2Cl)=C(O)[C@H]2CC[C@@H]1C2. The Morgan fingerprint density at radius 2 is 2.00 bits per heavy atom. The molecule has 1 aromatic carbocycles. The molecule has 2 atom stereocenters. The smallest absolute Gasteiger partial charge is 0.170 e. The molecule has 2 bridgehead atoms. The number of hydrogen-bond donors (Lipinski definition) is 1. The van der Waals surface area contributed by atoms with Crippen molar-refractivity contribution < 1.29 is 9.90 Å². The average Bonchev–Trinajstić information content (AvgIpc) is 2.78. The molecule has 1 N–H and O–H groups in total. The van der Waals surface area contributed by atoms with Gasteiger partial charge in [-0.1, -0.05) is 27.5 Å². The molecule has 18 heavy (non-hydrogen) atoms. The zero-order chi connectivity index (χ0) is 12.9. The molecule has 0 radical (unpaired) electrons. The first-order valence-electron chi connectivity index (χ1n) is 6.00. The van der Waals surface area contributed by atoms with Crippen LogP contribution in [0.5, 0.6) is 0 Å². The highest BCUT2D eigenvalue weighted by molar-refractivity contribution is 9.10.